The van der Waals surface area contributed by atoms with E-state index in [1.165, 1.54) is 0 Å². The molecule has 0 saturated carbocycles. The van der Waals surface area contributed by atoms with Gasteiger partial charge in [0.1, 0.15) is 0 Å². The lowest BCUT2D eigenvalue weighted by Crippen LogP contribution is -2.36. The first-order valence-electron chi connectivity index (χ1n) is 9.11. The third-order valence-corrected chi connectivity index (χ3v) is 5.67. The number of aliphatic imine (C=N–C) groups is 1. The number of amidine groups is 1. The standard InChI is InChI=1S/C21H18ClN3O3S/c22-16-5-3-15(4-6-16)19(26)23-21-24-20(27)18(29-21)13-14-1-7-17(8-2-14)25-9-11-28-12-10-25/h1-8,13H,9-12H2,(H,23,24,26,27)/b18-13-. The van der Waals surface area contributed by atoms with Crippen molar-refractivity contribution in [2.24, 2.45) is 4.99 Å². The summed E-state index contributed by atoms with van der Waals surface area (Å²) in [4.78, 5) is 31.2. The van der Waals surface area contributed by atoms with Gasteiger partial charge in [0.2, 0.25) is 0 Å². The Morgan fingerprint density at radius 1 is 1.10 bits per heavy atom. The number of carbonyl (C=O) groups excluding carboxylic acids is 2. The molecule has 0 spiro atoms. The number of rotatable bonds is 3. The quantitative estimate of drug-likeness (QED) is 0.758. The lowest BCUT2D eigenvalue weighted by atomic mass is 10.1. The van der Waals surface area contributed by atoms with E-state index in [1.54, 1.807) is 30.3 Å². The van der Waals surface area contributed by atoms with E-state index >= 15 is 0 Å². The molecule has 0 aromatic heterocycles. The molecule has 0 bridgehead atoms. The fraction of sp³-hybridized carbons (Fsp3) is 0.190. The van der Waals surface area contributed by atoms with E-state index in [1.807, 2.05) is 24.3 Å². The topological polar surface area (TPSA) is 71.0 Å². The van der Waals surface area contributed by atoms with Gasteiger partial charge in [0.15, 0.2) is 5.17 Å². The summed E-state index contributed by atoms with van der Waals surface area (Å²) in [6.07, 6.45) is 1.79. The molecule has 2 aliphatic rings. The minimum absolute atomic E-state index is 0.269. The van der Waals surface area contributed by atoms with Crippen LogP contribution in [-0.4, -0.2) is 43.3 Å². The van der Waals surface area contributed by atoms with Gasteiger partial charge in [-0.15, -0.1) is 0 Å². The van der Waals surface area contributed by atoms with E-state index in [2.05, 4.69) is 15.2 Å². The number of hydrogen-bond acceptors (Lipinski definition) is 5. The van der Waals surface area contributed by atoms with Crippen molar-refractivity contribution in [3.8, 4) is 0 Å². The average molecular weight is 428 g/mol. The maximum Gasteiger partial charge on any atom is 0.279 e. The lowest BCUT2D eigenvalue weighted by Gasteiger charge is -2.28. The number of ether oxygens (including phenoxy) is 1. The average Bonchev–Trinajstić information content (AvgIpc) is 3.08. The van der Waals surface area contributed by atoms with Crippen LogP contribution in [0, 0.1) is 0 Å². The van der Waals surface area contributed by atoms with Crippen molar-refractivity contribution in [2.75, 3.05) is 31.2 Å². The Kier molecular flexibility index (Phi) is 5.99. The van der Waals surface area contributed by atoms with Crippen LogP contribution >= 0.6 is 23.4 Å². The number of morpholine rings is 1. The maximum atomic E-state index is 12.2. The number of amides is 2. The number of carbonyl (C=O) groups is 2. The highest BCUT2D eigenvalue weighted by molar-refractivity contribution is 8.18. The van der Waals surface area contributed by atoms with Gasteiger partial charge in [0.05, 0.1) is 18.1 Å². The van der Waals surface area contributed by atoms with Crippen molar-refractivity contribution in [3.63, 3.8) is 0 Å². The van der Waals surface area contributed by atoms with Gasteiger partial charge in [0.25, 0.3) is 11.8 Å². The van der Waals surface area contributed by atoms with Crippen molar-refractivity contribution < 1.29 is 14.3 Å². The molecule has 29 heavy (non-hydrogen) atoms. The molecule has 6 nitrogen and oxygen atoms in total. The van der Waals surface area contributed by atoms with Gasteiger partial charge in [0, 0.05) is 29.4 Å². The zero-order chi connectivity index (χ0) is 20.2. The van der Waals surface area contributed by atoms with Crippen molar-refractivity contribution in [3.05, 3.63) is 69.6 Å². The van der Waals surface area contributed by atoms with Crippen LogP contribution in [0.5, 0.6) is 0 Å². The minimum atomic E-state index is -0.430. The van der Waals surface area contributed by atoms with Gasteiger partial charge in [-0.3, -0.25) is 9.59 Å². The Morgan fingerprint density at radius 2 is 1.79 bits per heavy atom. The Morgan fingerprint density at radius 3 is 2.48 bits per heavy atom. The predicted molar refractivity (Wildman–Crippen MR) is 116 cm³/mol. The van der Waals surface area contributed by atoms with Crippen LogP contribution in [0.1, 0.15) is 15.9 Å². The van der Waals surface area contributed by atoms with Crippen LogP contribution in [0.15, 0.2) is 58.4 Å². The monoisotopic (exact) mass is 427 g/mol. The van der Waals surface area contributed by atoms with E-state index in [4.69, 9.17) is 16.3 Å². The summed E-state index contributed by atoms with van der Waals surface area (Å²) in [5.41, 5.74) is 2.45. The summed E-state index contributed by atoms with van der Waals surface area (Å²) >= 11 is 6.98. The smallest absolute Gasteiger partial charge is 0.279 e. The number of halogens is 1. The number of anilines is 1. The second kappa shape index (κ2) is 8.82. The van der Waals surface area contributed by atoms with Crippen LogP contribution < -0.4 is 10.2 Å². The van der Waals surface area contributed by atoms with Crippen LogP contribution in [-0.2, 0) is 9.53 Å². The molecule has 2 amide bonds. The number of benzene rings is 2. The van der Waals surface area contributed by atoms with Crippen LogP contribution in [0.25, 0.3) is 6.08 Å². The first kappa shape index (κ1) is 19.7. The van der Waals surface area contributed by atoms with Gasteiger partial charge in [-0.05, 0) is 59.8 Å². The predicted octanol–water partition coefficient (Wildman–Crippen LogP) is 3.58. The molecule has 2 aromatic rings. The summed E-state index contributed by atoms with van der Waals surface area (Å²) in [7, 11) is 0. The molecule has 0 unspecified atom stereocenters. The Labute approximate surface area is 177 Å². The molecule has 2 fully saturated rings. The van der Waals surface area contributed by atoms with Crippen molar-refractivity contribution in [2.45, 2.75) is 0 Å². The summed E-state index contributed by atoms with van der Waals surface area (Å²) in [5.74, 6) is -0.699. The van der Waals surface area contributed by atoms with Crippen LogP contribution in [0.2, 0.25) is 5.02 Å². The van der Waals surface area contributed by atoms with Gasteiger partial charge in [-0.25, -0.2) is 0 Å². The van der Waals surface area contributed by atoms with Crippen molar-refractivity contribution >= 4 is 52.1 Å². The molecule has 2 saturated heterocycles. The molecule has 2 aromatic carbocycles. The third kappa shape index (κ3) is 4.87. The van der Waals surface area contributed by atoms with Crippen LogP contribution in [0.4, 0.5) is 5.69 Å². The summed E-state index contributed by atoms with van der Waals surface area (Å²) < 4.78 is 5.38. The third-order valence-electron chi connectivity index (χ3n) is 4.51. The summed E-state index contributed by atoms with van der Waals surface area (Å²) in [5, 5.41) is 3.45. The highest BCUT2D eigenvalue weighted by Gasteiger charge is 2.24. The lowest BCUT2D eigenvalue weighted by molar-refractivity contribution is -0.115. The number of hydrogen-bond donors (Lipinski definition) is 1. The normalized spacial score (nSPS) is 19.6. The second-order valence-corrected chi connectivity index (χ2v) is 7.95. The van der Waals surface area contributed by atoms with Gasteiger partial charge in [-0.1, -0.05) is 23.7 Å². The van der Waals surface area contributed by atoms with E-state index in [9.17, 15) is 9.59 Å². The number of thioether (sulfide) groups is 1. The van der Waals surface area contributed by atoms with E-state index < -0.39 is 5.91 Å². The molecule has 1 N–H and O–H groups in total. The minimum Gasteiger partial charge on any atom is -0.378 e. The molecule has 2 aliphatic heterocycles. The molecule has 0 radical (unpaired) electrons. The van der Waals surface area contributed by atoms with E-state index in [0.29, 0.717) is 15.5 Å². The van der Waals surface area contributed by atoms with Gasteiger partial charge < -0.3 is 15.0 Å². The zero-order valence-corrected chi connectivity index (χ0v) is 17.0. The molecule has 148 valence electrons. The Hall–Kier alpha value is -2.61. The van der Waals surface area contributed by atoms with Crippen molar-refractivity contribution in [1.29, 1.82) is 0 Å². The van der Waals surface area contributed by atoms with E-state index in [0.717, 1.165) is 49.3 Å². The van der Waals surface area contributed by atoms with E-state index in [-0.39, 0.29) is 11.1 Å². The fourth-order valence-electron chi connectivity index (χ4n) is 2.98. The Bertz CT molecular complexity index is 981. The first-order chi connectivity index (χ1) is 14.1. The SMILES string of the molecule is O=C1NC(=NC(=O)c2ccc(Cl)cc2)S/C1=C\c1ccc(N2CCOCC2)cc1. The highest BCUT2D eigenvalue weighted by atomic mass is 35.5. The Balaban J connectivity index is 1.45. The molecular weight excluding hydrogens is 410 g/mol. The molecular formula is C21H18ClN3O3S. The molecule has 2 heterocycles. The first-order valence-corrected chi connectivity index (χ1v) is 10.3. The van der Waals surface area contributed by atoms with Crippen molar-refractivity contribution in [1.82, 2.24) is 5.32 Å². The molecule has 0 atom stereocenters. The molecule has 4 rings (SSSR count). The second-order valence-electron chi connectivity index (χ2n) is 6.48. The fourth-order valence-corrected chi connectivity index (χ4v) is 3.93. The molecule has 0 aliphatic carbocycles. The maximum absolute atomic E-state index is 12.2. The number of nitrogens with one attached hydrogen (secondary N) is 1. The summed E-state index contributed by atoms with van der Waals surface area (Å²) in [6, 6.07) is 14.5. The number of nitrogens with zero attached hydrogens (tertiary/aromatic N) is 2. The highest BCUT2D eigenvalue weighted by Crippen LogP contribution is 2.27. The largest absolute Gasteiger partial charge is 0.378 e. The van der Waals surface area contributed by atoms with Crippen LogP contribution in [0.3, 0.4) is 0 Å². The van der Waals surface area contributed by atoms with Gasteiger partial charge >= 0.3 is 0 Å². The van der Waals surface area contributed by atoms with Gasteiger partial charge in [-0.2, -0.15) is 4.99 Å². The molecule has 8 heteroatoms. The zero-order valence-electron chi connectivity index (χ0n) is 15.4. The summed E-state index contributed by atoms with van der Waals surface area (Å²) in [6.45, 7) is 3.22.